The SMILES string of the molecule is [2H][C@@]1(n2cc(I)c3c(=O)[nH]c(N)nc32)O[C@H](CO)[C@@H](O)[C@H]1O. The molecule has 1 aliphatic heterocycles. The molecule has 3 rings (SSSR count). The molecule has 0 saturated carbocycles. The predicted octanol–water partition coefficient (Wildman–Crippen LogP) is -1.48. The Morgan fingerprint density at radius 1 is 1.57 bits per heavy atom. The average Bonchev–Trinajstić information content (AvgIpc) is 2.90. The molecule has 0 unspecified atom stereocenters. The van der Waals surface area contributed by atoms with Crippen molar-refractivity contribution in [2.45, 2.75) is 24.5 Å². The fraction of sp³-hybridized carbons (Fsp3) is 0.455. The lowest BCUT2D eigenvalue weighted by Crippen LogP contribution is -2.33. The first kappa shape index (κ1) is 13.5. The van der Waals surface area contributed by atoms with Crippen molar-refractivity contribution in [3.63, 3.8) is 0 Å². The highest BCUT2D eigenvalue weighted by molar-refractivity contribution is 14.1. The summed E-state index contributed by atoms with van der Waals surface area (Å²) >= 11 is 1.88. The number of halogens is 1. The van der Waals surface area contributed by atoms with Gasteiger partial charge in [0.2, 0.25) is 5.95 Å². The molecule has 1 aliphatic rings. The molecule has 0 bridgehead atoms. The maximum Gasteiger partial charge on any atom is 0.262 e. The van der Waals surface area contributed by atoms with Gasteiger partial charge in [0.25, 0.3) is 5.56 Å². The number of nitrogens with one attached hydrogen (secondary N) is 1. The monoisotopic (exact) mass is 409 g/mol. The lowest BCUT2D eigenvalue weighted by Gasteiger charge is -2.17. The van der Waals surface area contributed by atoms with Crippen LogP contribution in [0.25, 0.3) is 11.0 Å². The number of nitrogen functional groups attached to an aromatic ring is 1. The van der Waals surface area contributed by atoms with E-state index in [0.29, 0.717) is 3.57 Å². The predicted molar refractivity (Wildman–Crippen MR) is 80.5 cm³/mol. The number of rotatable bonds is 2. The molecule has 21 heavy (non-hydrogen) atoms. The van der Waals surface area contributed by atoms with E-state index >= 15 is 0 Å². The summed E-state index contributed by atoms with van der Waals surface area (Å²) in [4.78, 5) is 18.3. The van der Waals surface area contributed by atoms with E-state index in [1.54, 1.807) is 0 Å². The minimum atomic E-state index is -2.14. The van der Waals surface area contributed by atoms with Crippen LogP contribution in [-0.2, 0) is 4.74 Å². The molecule has 0 amide bonds. The maximum atomic E-state index is 12.0. The molecule has 1 fully saturated rings. The van der Waals surface area contributed by atoms with Gasteiger partial charge < -0.3 is 30.4 Å². The number of anilines is 1. The first-order valence-corrected chi connectivity index (χ1v) is 7.09. The Morgan fingerprint density at radius 2 is 2.29 bits per heavy atom. The van der Waals surface area contributed by atoms with Gasteiger partial charge in [-0.2, -0.15) is 4.98 Å². The molecular weight excluding hydrogens is 395 g/mol. The van der Waals surface area contributed by atoms with E-state index in [0.717, 1.165) is 4.57 Å². The fourth-order valence-corrected chi connectivity index (χ4v) is 3.03. The molecule has 0 aromatic carbocycles. The number of H-pyrrole nitrogens is 1. The van der Waals surface area contributed by atoms with Crippen molar-refractivity contribution in [3.8, 4) is 0 Å². The number of ether oxygens (including phenoxy) is 1. The summed E-state index contributed by atoms with van der Waals surface area (Å²) in [5.41, 5.74) is 5.09. The first-order chi connectivity index (χ1) is 10.3. The second kappa shape index (κ2) is 5.21. The largest absolute Gasteiger partial charge is 0.394 e. The summed E-state index contributed by atoms with van der Waals surface area (Å²) in [5.74, 6) is -0.149. The average molecular weight is 409 g/mol. The van der Waals surface area contributed by atoms with Crippen molar-refractivity contribution in [1.29, 1.82) is 0 Å². The van der Waals surface area contributed by atoms with Crippen LogP contribution in [0.5, 0.6) is 0 Å². The molecule has 2 aromatic rings. The number of hydrogen-bond donors (Lipinski definition) is 5. The van der Waals surface area contributed by atoms with Crippen LogP contribution >= 0.6 is 22.6 Å². The Morgan fingerprint density at radius 3 is 2.90 bits per heavy atom. The number of fused-ring (bicyclic) bond motifs is 1. The van der Waals surface area contributed by atoms with Gasteiger partial charge in [0.15, 0.2) is 11.9 Å². The number of hydrogen-bond acceptors (Lipinski definition) is 7. The summed E-state index contributed by atoms with van der Waals surface area (Å²) in [7, 11) is 0. The Labute approximate surface area is 132 Å². The van der Waals surface area contributed by atoms with Crippen molar-refractivity contribution < 1.29 is 21.4 Å². The molecule has 1 saturated heterocycles. The number of nitrogens with zero attached hydrogens (tertiary/aromatic N) is 2. The van der Waals surface area contributed by atoms with Gasteiger partial charge in [-0.1, -0.05) is 0 Å². The van der Waals surface area contributed by atoms with Gasteiger partial charge in [0.05, 0.1) is 13.4 Å². The van der Waals surface area contributed by atoms with E-state index in [9.17, 15) is 15.0 Å². The van der Waals surface area contributed by atoms with Gasteiger partial charge >= 0.3 is 0 Å². The Balaban J connectivity index is 2.25. The number of aromatic amines is 1. The molecule has 0 spiro atoms. The Bertz CT molecular complexity index is 795. The number of aliphatic hydroxyl groups excluding tert-OH is 3. The fourth-order valence-electron chi connectivity index (χ4n) is 2.26. The molecule has 114 valence electrons. The molecule has 6 N–H and O–H groups in total. The van der Waals surface area contributed by atoms with E-state index in [2.05, 4.69) is 9.97 Å². The lowest BCUT2D eigenvalue weighted by molar-refractivity contribution is -0.0509. The smallest absolute Gasteiger partial charge is 0.262 e. The summed E-state index contributed by atoms with van der Waals surface area (Å²) in [5, 5.41) is 29.3. The van der Waals surface area contributed by atoms with Crippen LogP contribution in [0.4, 0.5) is 5.95 Å². The highest BCUT2D eigenvalue weighted by Gasteiger charge is 2.44. The maximum absolute atomic E-state index is 12.0. The molecule has 2 aromatic heterocycles. The van der Waals surface area contributed by atoms with E-state index in [1.165, 1.54) is 6.20 Å². The minimum absolute atomic E-state index is 0.0467. The molecule has 9 nitrogen and oxygen atoms in total. The van der Waals surface area contributed by atoms with E-state index in [4.69, 9.17) is 16.9 Å². The zero-order valence-corrected chi connectivity index (χ0v) is 12.7. The van der Waals surface area contributed by atoms with Crippen LogP contribution in [0.2, 0.25) is 0 Å². The summed E-state index contributed by atoms with van der Waals surface area (Å²) in [6.45, 7) is -0.564. The quantitative estimate of drug-likeness (QED) is 0.381. The lowest BCUT2D eigenvalue weighted by atomic mass is 10.1. The zero-order valence-electron chi connectivity index (χ0n) is 11.5. The van der Waals surface area contributed by atoms with E-state index < -0.39 is 36.7 Å². The highest BCUT2D eigenvalue weighted by Crippen LogP contribution is 2.32. The first-order valence-electron chi connectivity index (χ1n) is 6.51. The Hall–Kier alpha value is -1.21. The number of aliphatic hydroxyl groups is 3. The molecule has 4 atom stereocenters. The summed E-state index contributed by atoms with van der Waals surface area (Å²) < 4.78 is 15.2. The van der Waals surface area contributed by atoms with Crippen LogP contribution in [0.1, 0.15) is 7.57 Å². The van der Waals surface area contributed by atoms with Crippen LogP contribution < -0.4 is 11.3 Å². The highest BCUT2D eigenvalue weighted by atomic mass is 127. The van der Waals surface area contributed by atoms with Crippen molar-refractivity contribution in [1.82, 2.24) is 14.5 Å². The van der Waals surface area contributed by atoms with Gasteiger partial charge in [0.1, 0.15) is 18.3 Å². The van der Waals surface area contributed by atoms with Crippen LogP contribution in [0.15, 0.2) is 11.0 Å². The molecular formula is C11H13IN4O5. The van der Waals surface area contributed by atoms with Crippen molar-refractivity contribution >= 4 is 39.6 Å². The van der Waals surface area contributed by atoms with Gasteiger partial charge in [-0.3, -0.25) is 9.78 Å². The normalized spacial score (nSPS) is 33.5. The number of nitrogens with two attached hydrogens (primary N) is 1. The topological polar surface area (TPSA) is 147 Å². The Kier molecular flexibility index (Phi) is 3.34. The number of aromatic nitrogens is 3. The zero-order chi connectivity index (χ0) is 16.2. The van der Waals surface area contributed by atoms with Gasteiger partial charge in [-0.25, -0.2) is 0 Å². The van der Waals surface area contributed by atoms with Crippen molar-refractivity contribution in [2.75, 3.05) is 12.3 Å². The molecule has 0 radical (unpaired) electrons. The second-order valence-electron chi connectivity index (χ2n) is 4.61. The van der Waals surface area contributed by atoms with Crippen LogP contribution in [0, 0.1) is 3.57 Å². The molecule has 0 aliphatic carbocycles. The van der Waals surface area contributed by atoms with Crippen molar-refractivity contribution in [3.05, 3.63) is 20.1 Å². The van der Waals surface area contributed by atoms with Crippen LogP contribution in [0.3, 0.4) is 0 Å². The van der Waals surface area contributed by atoms with E-state index in [-0.39, 0.29) is 17.0 Å². The third kappa shape index (κ3) is 2.23. The summed E-state index contributed by atoms with van der Waals surface area (Å²) in [6, 6.07) is 0. The van der Waals surface area contributed by atoms with Crippen LogP contribution in [-0.4, -0.2) is 54.8 Å². The third-order valence-corrected chi connectivity index (χ3v) is 4.09. The van der Waals surface area contributed by atoms with Gasteiger partial charge in [-0.15, -0.1) is 0 Å². The van der Waals surface area contributed by atoms with Gasteiger partial charge in [0, 0.05) is 9.77 Å². The molecule has 3 heterocycles. The standard InChI is InChI=1S/C11H13IN4O5/c12-3-1-16(8-5(3)9(20)15-11(13)14-8)10-7(19)6(18)4(2-17)21-10/h1,4,6-7,10,17-19H,2H2,(H3,13,14,15,20)/t4-,6-,7-,10-/m1/s1/i10D. The second-order valence-corrected chi connectivity index (χ2v) is 5.77. The molecule has 10 heteroatoms. The summed E-state index contributed by atoms with van der Waals surface area (Å²) in [6.07, 6.45) is -4.95. The third-order valence-electron chi connectivity index (χ3n) is 3.28. The van der Waals surface area contributed by atoms with E-state index in [1.807, 2.05) is 22.6 Å². The minimum Gasteiger partial charge on any atom is -0.394 e. The van der Waals surface area contributed by atoms with Gasteiger partial charge in [-0.05, 0) is 22.6 Å². The van der Waals surface area contributed by atoms with Crippen molar-refractivity contribution in [2.24, 2.45) is 0 Å².